The minimum Gasteiger partial charge on any atom is -0.344 e. The number of hydrogen-bond acceptors (Lipinski definition) is 4. The fourth-order valence-corrected chi connectivity index (χ4v) is 1.99. The van der Waals surface area contributed by atoms with Crippen LogP contribution in [0.15, 0.2) is 35.2 Å². The highest BCUT2D eigenvalue weighted by atomic mass is 32.2. The highest BCUT2D eigenvalue weighted by molar-refractivity contribution is 7.86. The fourth-order valence-electron chi connectivity index (χ4n) is 1.05. The largest absolute Gasteiger partial charge is 0.344 e. The number of benzene rings is 1. The van der Waals surface area contributed by atoms with Crippen LogP contribution < -0.4 is 6.15 Å². The van der Waals surface area contributed by atoms with Crippen molar-refractivity contribution in [1.29, 1.82) is 0 Å². The van der Waals surface area contributed by atoms with E-state index >= 15 is 0 Å². The predicted molar refractivity (Wildman–Crippen MR) is 64.1 cm³/mol. The molecule has 1 aromatic rings. The molecule has 0 bridgehead atoms. The average molecular weight is 245 g/mol. The second kappa shape index (κ2) is 6.62. The maximum absolute atomic E-state index is 11.6. The van der Waals surface area contributed by atoms with Crippen LogP contribution in [0.2, 0.25) is 0 Å². The van der Waals surface area contributed by atoms with E-state index in [0.29, 0.717) is 5.92 Å². The second-order valence-corrected chi connectivity index (χ2v) is 5.39. The molecule has 0 fully saturated rings. The third-order valence-electron chi connectivity index (χ3n) is 1.97. The summed E-state index contributed by atoms with van der Waals surface area (Å²) in [7, 11) is -3.56. The van der Waals surface area contributed by atoms with Crippen LogP contribution in [0.25, 0.3) is 0 Å². The first kappa shape index (κ1) is 15.1. The van der Waals surface area contributed by atoms with Crippen molar-refractivity contribution in [2.45, 2.75) is 25.2 Å². The SMILES string of the molecule is CC(C)CCOS(=O)(=O)c1ccccc1.N. The lowest BCUT2D eigenvalue weighted by Gasteiger charge is -2.06. The molecule has 1 aromatic carbocycles. The molecule has 0 unspecified atom stereocenters. The zero-order valence-electron chi connectivity index (χ0n) is 9.72. The molecule has 0 saturated carbocycles. The van der Waals surface area contributed by atoms with Crippen LogP contribution in [-0.2, 0) is 14.3 Å². The molecule has 1 rings (SSSR count). The molecular formula is C11H19NO3S. The zero-order chi connectivity index (χ0) is 11.3. The smallest absolute Gasteiger partial charge is 0.296 e. The molecule has 5 heteroatoms. The Kier molecular flexibility index (Phi) is 6.25. The molecule has 0 amide bonds. The van der Waals surface area contributed by atoms with Gasteiger partial charge in [-0.25, -0.2) is 0 Å². The van der Waals surface area contributed by atoms with Gasteiger partial charge in [-0.2, -0.15) is 8.42 Å². The summed E-state index contributed by atoms with van der Waals surface area (Å²) in [6.45, 7) is 4.30. The summed E-state index contributed by atoms with van der Waals surface area (Å²) >= 11 is 0. The van der Waals surface area contributed by atoms with E-state index in [-0.39, 0.29) is 17.7 Å². The van der Waals surface area contributed by atoms with Gasteiger partial charge in [0.25, 0.3) is 10.1 Å². The molecule has 0 aromatic heterocycles. The minimum absolute atomic E-state index is 0. The monoisotopic (exact) mass is 245 g/mol. The van der Waals surface area contributed by atoms with Gasteiger partial charge in [0, 0.05) is 0 Å². The van der Waals surface area contributed by atoms with Gasteiger partial charge in [0.1, 0.15) is 0 Å². The molecule has 0 saturated heterocycles. The van der Waals surface area contributed by atoms with Crippen molar-refractivity contribution in [2.75, 3.05) is 6.61 Å². The van der Waals surface area contributed by atoms with Crippen molar-refractivity contribution >= 4 is 10.1 Å². The molecular weight excluding hydrogens is 226 g/mol. The van der Waals surface area contributed by atoms with Gasteiger partial charge in [-0.05, 0) is 24.5 Å². The Morgan fingerprint density at radius 3 is 2.25 bits per heavy atom. The first-order valence-electron chi connectivity index (χ1n) is 4.97. The highest BCUT2D eigenvalue weighted by Gasteiger charge is 2.13. The Labute approximate surface area is 97.3 Å². The molecule has 92 valence electrons. The lowest BCUT2D eigenvalue weighted by Crippen LogP contribution is -2.08. The normalized spacial score (nSPS) is 11.2. The van der Waals surface area contributed by atoms with E-state index in [1.54, 1.807) is 18.2 Å². The minimum atomic E-state index is -3.56. The lowest BCUT2D eigenvalue weighted by molar-refractivity contribution is 0.292. The van der Waals surface area contributed by atoms with E-state index in [1.165, 1.54) is 12.1 Å². The van der Waals surface area contributed by atoms with Gasteiger partial charge in [-0.3, -0.25) is 4.18 Å². The molecule has 0 radical (unpaired) electrons. The Morgan fingerprint density at radius 2 is 1.75 bits per heavy atom. The van der Waals surface area contributed by atoms with Crippen LogP contribution >= 0.6 is 0 Å². The molecule has 4 nitrogen and oxygen atoms in total. The Hall–Kier alpha value is -0.910. The molecule has 0 aliphatic rings. The van der Waals surface area contributed by atoms with Gasteiger partial charge in [0.2, 0.25) is 0 Å². The molecule has 3 N–H and O–H groups in total. The van der Waals surface area contributed by atoms with Crippen LogP contribution in [0.3, 0.4) is 0 Å². The first-order valence-corrected chi connectivity index (χ1v) is 6.37. The maximum atomic E-state index is 11.6. The summed E-state index contributed by atoms with van der Waals surface area (Å²) in [6, 6.07) is 8.19. The van der Waals surface area contributed by atoms with Crippen molar-refractivity contribution in [3.8, 4) is 0 Å². The molecule has 0 spiro atoms. The van der Waals surface area contributed by atoms with Gasteiger partial charge in [-0.15, -0.1) is 0 Å². The molecule has 0 aliphatic carbocycles. The van der Waals surface area contributed by atoms with E-state index < -0.39 is 10.1 Å². The number of hydrogen-bond donors (Lipinski definition) is 1. The van der Waals surface area contributed by atoms with E-state index in [2.05, 4.69) is 0 Å². The Balaban J connectivity index is 0.00000225. The summed E-state index contributed by atoms with van der Waals surface area (Å²) in [5.41, 5.74) is 0. The van der Waals surface area contributed by atoms with Crippen molar-refractivity contribution in [3.63, 3.8) is 0 Å². The molecule has 0 atom stereocenters. The summed E-state index contributed by atoms with van der Waals surface area (Å²) in [5, 5.41) is 0. The Bertz CT molecular complexity index is 387. The maximum Gasteiger partial charge on any atom is 0.296 e. The second-order valence-electron chi connectivity index (χ2n) is 3.77. The van der Waals surface area contributed by atoms with Crippen LogP contribution in [0.5, 0.6) is 0 Å². The standard InChI is InChI=1S/C11H16O3S.H3N/c1-10(2)8-9-14-15(12,13)11-6-4-3-5-7-11;/h3-7,10H,8-9H2,1-2H3;1H3. The average Bonchev–Trinajstić information content (AvgIpc) is 2.18. The molecule has 0 aliphatic heterocycles. The van der Waals surface area contributed by atoms with Gasteiger partial charge in [0.15, 0.2) is 0 Å². The summed E-state index contributed by atoms with van der Waals surface area (Å²) in [5.74, 6) is 0.441. The van der Waals surface area contributed by atoms with Gasteiger partial charge >= 0.3 is 0 Å². The third-order valence-corrected chi connectivity index (χ3v) is 3.29. The van der Waals surface area contributed by atoms with E-state index in [1.807, 2.05) is 13.8 Å². The van der Waals surface area contributed by atoms with Crippen LogP contribution in [-0.4, -0.2) is 15.0 Å². The van der Waals surface area contributed by atoms with Crippen LogP contribution in [0.4, 0.5) is 0 Å². The molecule has 16 heavy (non-hydrogen) atoms. The molecule has 0 heterocycles. The summed E-state index contributed by atoms with van der Waals surface area (Å²) < 4.78 is 28.1. The Morgan fingerprint density at radius 1 is 1.19 bits per heavy atom. The van der Waals surface area contributed by atoms with Crippen molar-refractivity contribution in [2.24, 2.45) is 5.92 Å². The topological polar surface area (TPSA) is 78.4 Å². The third kappa shape index (κ3) is 4.74. The predicted octanol–water partition coefficient (Wildman–Crippen LogP) is 2.60. The quantitative estimate of drug-likeness (QED) is 0.809. The van der Waals surface area contributed by atoms with E-state index in [0.717, 1.165) is 6.42 Å². The van der Waals surface area contributed by atoms with E-state index in [9.17, 15) is 8.42 Å². The van der Waals surface area contributed by atoms with E-state index in [4.69, 9.17) is 4.18 Å². The summed E-state index contributed by atoms with van der Waals surface area (Å²) in [4.78, 5) is 0.216. The van der Waals surface area contributed by atoms with Crippen LogP contribution in [0, 0.1) is 5.92 Å². The first-order chi connectivity index (χ1) is 7.02. The fraction of sp³-hybridized carbons (Fsp3) is 0.455. The summed E-state index contributed by atoms with van der Waals surface area (Å²) in [6.07, 6.45) is 0.742. The highest BCUT2D eigenvalue weighted by Crippen LogP contribution is 2.12. The lowest BCUT2D eigenvalue weighted by atomic mass is 10.2. The number of rotatable bonds is 5. The van der Waals surface area contributed by atoms with Gasteiger partial charge in [-0.1, -0.05) is 32.0 Å². The van der Waals surface area contributed by atoms with Crippen molar-refractivity contribution < 1.29 is 12.6 Å². The van der Waals surface area contributed by atoms with Gasteiger partial charge in [0.05, 0.1) is 11.5 Å². The van der Waals surface area contributed by atoms with Crippen molar-refractivity contribution in [3.05, 3.63) is 30.3 Å². The zero-order valence-corrected chi connectivity index (χ0v) is 10.5. The van der Waals surface area contributed by atoms with Crippen LogP contribution in [0.1, 0.15) is 20.3 Å². The van der Waals surface area contributed by atoms with Crippen molar-refractivity contribution in [1.82, 2.24) is 6.15 Å². The van der Waals surface area contributed by atoms with Gasteiger partial charge < -0.3 is 6.15 Å².